The van der Waals surface area contributed by atoms with Crippen molar-refractivity contribution in [3.8, 4) is 0 Å². The summed E-state index contributed by atoms with van der Waals surface area (Å²) in [5.41, 5.74) is 0.139. The summed E-state index contributed by atoms with van der Waals surface area (Å²) in [6, 6.07) is 0.157. The molecule has 4 nitrogen and oxygen atoms in total. The molecule has 0 aromatic carbocycles. The highest BCUT2D eigenvalue weighted by atomic mass is 16.3. The molecule has 1 aliphatic carbocycles. The van der Waals surface area contributed by atoms with Gasteiger partial charge in [0, 0.05) is 25.0 Å². The van der Waals surface area contributed by atoms with Crippen molar-refractivity contribution < 1.29 is 9.90 Å². The molecule has 4 heteroatoms. The average Bonchev–Trinajstić information content (AvgIpc) is 2.53. The first-order valence-electron chi connectivity index (χ1n) is 7.22. The first kappa shape index (κ1) is 14.8. The number of nitrogens with zero attached hydrogens (tertiary/aromatic N) is 2. The van der Waals surface area contributed by atoms with E-state index in [4.69, 9.17) is 0 Å². The van der Waals surface area contributed by atoms with Crippen LogP contribution in [0.5, 0.6) is 0 Å². The van der Waals surface area contributed by atoms with Crippen LogP contribution in [0.2, 0.25) is 0 Å². The summed E-state index contributed by atoms with van der Waals surface area (Å²) in [4.78, 5) is 16.8. The van der Waals surface area contributed by atoms with Crippen molar-refractivity contribution in [2.75, 3.05) is 27.2 Å². The maximum atomic E-state index is 12.8. The number of hydrogen-bond acceptors (Lipinski definition) is 3. The molecule has 2 aliphatic rings. The van der Waals surface area contributed by atoms with Gasteiger partial charge >= 0.3 is 0 Å². The predicted molar refractivity (Wildman–Crippen MR) is 75.7 cm³/mol. The van der Waals surface area contributed by atoms with Crippen molar-refractivity contribution in [1.82, 2.24) is 9.80 Å². The molecular weight excluding hydrogens is 240 g/mol. The number of carbonyl (C=O) groups excluding carboxylic acids is 1. The molecule has 0 spiro atoms. The zero-order valence-corrected chi connectivity index (χ0v) is 13.1. The second-order valence-electron chi connectivity index (χ2n) is 7.67. The number of hydrogen-bond donors (Lipinski definition) is 1. The van der Waals surface area contributed by atoms with E-state index in [1.54, 1.807) is 0 Å². The third-order valence-electron chi connectivity index (χ3n) is 5.52. The Morgan fingerprint density at radius 3 is 2.21 bits per heavy atom. The molecule has 0 aromatic heterocycles. The molecule has 2 atom stereocenters. The summed E-state index contributed by atoms with van der Waals surface area (Å²) < 4.78 is 0. The van der Waals surface area contributed by atoms with Gasteiger partial charge in [0.2, 0.25) is 5.91 Å². The topological polar surface area (TPSA) is 43.8 Å². The Balaban J connectivity index is 2.11. The van der Waals surface area contributed by atoms with Gasteiger partial charge in [0.15, 0.2) is 0 Å². The van der Waals surface area contributed by atoms with E-state index in [2.05, 4.69) is 32.6 Å². The van der Waals surface area contributed by atoms with E-state index < -0.39 is 0 Å². The zero-order chi connectivity index (χ0) is 14.6. The molecule has 1 amide bonds. The SMILES string of the molecule is CN(C)CC1CC(O)CN1C(=O)C1C(C)(C)C1(C)C. The summed E-state index contributed by atoms with van der Waals surface area (Å²) in [6.45, 7) is 10.0. The lowest BCUT2D eigenvalue weighted by Gasteiger charge is -2.27. The Morgan fingerprint density at radius 2 is 1.79 bits per heavy atom. The van der Waals surface area contributed by atoms with Gasteiger partial charge in [-0.2, -0.15) is 0 Å². The lowest BCUT2D eigenvalue weighted by atomic mass is 10.0. The summed E-state index contributed by atoms with van der Waals surface area (Å²) >= 11 is 0. The number of rotatable bonds is 3. The molecule has 2 fully saturated rings. The fourth-order valence-corrected chi connectivity index (χ4v) is 3.74. The van der Waals surface area contributed by atoms with Crippen LogP contribution in [0.1, 0.15) is 34.1 Å². The molecule has 0 aromatic rings. The Labute approximate surface area is 116 Å². The van der Waals surface area contributed by atoms with Crippen LogP contribution >= 0.6 is 0 Å². The molecule has 2 rings (SSSR count). The lowest BCUT2D eigenvalue weighted by Crippen LogP contribution is -2.43. The third-order valence-corrected chi connectivity index (χ3v) is 5.52. The van der Waals surface area contributed by atoms with Gasteiger partial charge in [-0.1, -0.05) is 27.7 Å². The minimum atomic E-state index is -0.362. The van der Waals surface area contributed by atoms with Crippen molar-refractivity contribution in [3.63, 3.8) is 0 Å². The molecule has 1 heterocycles. The van der Waals surface area contributed by atoms with Crippen molar-refractivity contribution in [2.45, 2.75) is 46.3 Å². The van der Waals surface area contributed by atoms with E-state index in [9.17, 15) is 9.90 Å². The zero-order valence-electron chi connectivity index (χ0n) is 13.1. The second-order valence-corrected chi connectivity index (χ2v) is 7.67. The van der Waals surface area contributed by atoms with Crippen molar-refractivity contribution in [1.29, 1.82) is 0 Å². The Morgan fingerprint density at radius 1 is 1.26 bits per heavy atom. The maximum absolute atomic E-state index is 12.8. The molecule has 1 saturated carbocycles. The molecule has 19 heavy (non-hydrogen) atoms. The average molecular weight is 268 g/mol. The summed E-state index contributed by atoms with van der Waals surface area (Å²) in [6.07, 6.45) is 0.344. The van der Waals surface area contributed by atoms with Gasteiger partial charge in [-0.3, -0.25) is 4.79 Å². The van der Waals surface area contributed by atoms with Gasteiger partial charge in [0.25, 0.3) is 0 Å². The minimum Gasteiger partial charge on any atom is -0.391 e. The highest BCUT2D eigenvalue weighted by Crippen LogP contribution is 2.69. The molecular formula is C15H28N2O2. The predicted octanol–water partition coefficient (Wildman–Crippen LogP) is 1.19. The van der Waals surface area contributed by atoms with Gasteiger partial charge in [0.05, 0.1) is 6.10 Å². The molecule has 2 unspecified atom stereocenters. The van der Waals surface area contributed by atoms with Gasteiger partial charge in [-0.05, 0) is 31.3 Å². The van der Waals surface area contributed by atoms with Crippen LogP contribution in [-0.2, 0) is 4.79 Å². The fourth-order valence-electron chi connectivity index (χ4n) is 3.74. The molecule has 1 saturated heterocycles. The number of likely N-dealkylation sites (N-methyl/N-ethyl adjacent to an activating group) is 1. The fraction of sp³-hybridized carbons (Fsp3) is 0.933. The molecule has 1 aliphatic heterocycles. The van der Waals surface area contributed by atoms with Crippen molar-refractivity contribution in [2.24, 2.45) is 16.7 Å². The standard InChI is InChI=1S/C15H28N2O2/c1-14(2)12(15(14,3)4)13(19)17-9-11(18)7-10(17)8-16(5)6/h10-12,18H,7-9H2,1-6H3. The maximum Gasteiger partial charge on any atom is 0.227 e. The largest absolute Gasteiger partial charge is 0.391 e. The number of carbonyl (C=O) groups is 1. The highest BCUT2D eigenvalue weighted by molar-refractivity contribution is 5.84. The Hall–Kier alpha value is -0.610. The number of aliphatic hydroxyl groups is 1. The second kappa shape index (κ2) is 4.45. The van der Waals surface area contributed by atoms with Crippen LogP contribution in [0, 0.1) is 16.7 Å². The van der Waals surface area contributed by atoms with E-state index in [1.165, 1.54) is 0 Å². The molecule has 1 N–H and O–H groups in total. The first-order chi connectivity index (χ1) is 8.59. The van der Waals surface area contributed by atoms with E-state index in [1.807, 2.05) is 19.0 Å². The third kappa shape index (κ3) is 2.29. The quantitative estimate of drug-likeness (QED) is 0.836. The van der Waals surface area contributed by atoms with Crippen LogP contribution in [0.15, 0.2) is 0 Å². The number of likely N-dealkylation sites (tertiary alicyclic amines) is 1. The van der Waals surface area contributed by atoms with Gasteiger partial charge < -0.3 is 14.9 Å². The van der Waals surface area contributed by atoms with E-state index >= 15 is 0 Å². The first-order valence-corrected chi connectivity index (χ1v) is 7.22. The van der Waals surface area contributed by atoms with E-state index in [-0.39, 0.29) is 34.8 Å². The molecule has 0 radical (unpaired) electrons. The molecule has 110 valence electrons. The summed E-state index contributed by atoms with van der Waals surface area (Å²) in [5, 5.41) is 9.88. The lowest BCUT2D eigenvalue weighted by molar-refractivity contribution is -0.135. The molecule has 0 bridgehead atoms. The van der Waals surface area contributed by atoms with Crippen molar-refractivity contribution >= 4 is 5.91 Å². The highest BCUT2D eigenvalue weighted by Gasteiger charge is 2.69. The van der Waals surface area contributed by atoms with Gasteiger partial charge in [-0.25, -0.2) is 0 Å². The number of β-amino-alcohol motifs (C(OH)–C–C–N with tert-alkyl or cyclic N) is 1. The smallest absolute Gasteiger partial charge is 0.227 e. The van der Waals surface area contributed by atoms with Crippen molar-refractivity contribution in [3.05, 3.63) is 0 Å². The van der Waals surface area contributed by atoms with Crippen LogP contribution in [-0.4, -0.2) is 60.1 Å². The Bertz CT molecular complexity index is 362. The summed E-state index contributed by atoms with van der Waals surface area (Å²) in [7, 11) is 4.02. The summed E-state index contributed by atoms with van der Waals surface area (Å²) in [5.74, 6) is 0.327. The van der Waals surface area contributed by atoms with Crippen LogP contribution in [0.4, 0.5) is 0 Å². The Kier molecular flexibility index (Phi) is 3.47. The van der Waals surface area contributed by atoms with Crippen LogP contribution in [0.3, 0.4) is 0 Å². The monoisotopic (exact) mass is 268 g/mol. The normalized spacial score (nSPS) is 32.9. The minimum absolute atomic E-state index is 0.0697. The van der Waals surface area contributed by atoms with Crippen LogP contribution < -0.4 is 0 Å². The number of aliphatic hydroxyl groups excluding tert-OH is 1. The van der Waals surface area contributed by atoms with E-state index in [0.29, 0.717) is 13.0 Å². The van der Waals surface area contributed by atoms with Crippen LogP contribution in [0.25, 0.3) is 0 Å². The van der Waals surface area contributed by atoms with Gasteiger partial charge in [0.1, 0.15) is 0 Å². The number of amides is 1. The van der Waals surface area contributed by atoms with Gasteiger partial charge in [-0.15, -0.1) is 0 Å². The van der Waals surface area contributed by atoms with E-state index in [0.717, 1.165) is 6.54 Å².